The summed E-state index contributed by atoms with van der Waals surface area (Å²) in [4.78, 5) is 25.7. The summed E-state index contributed by atoms with van der Waals surface area (Å²) >= 11 is 0. The molecule has 1 aromatic heterocycles. The molecule has 0 atom stereocenters. The molecule has 0 fully saturated rings. The lowest BCUT2D eigenvalue weighted by molar-refractivity contribution is 0.0914. The van der Waals surface area contributed by atoms with Crippen LogP contribution in [0.15, 0.2) is 18.2 Å². The van der Waals surface area contributed by atoms with Gasteiger partial charge < -0.3 is 15.2 Å². The summed E-state index contributed by atoms with van der Waals surface area (Å²) in [5.74, 6) is -2.65. The quantitative estimate of drug-likeness (QED) is 0.861. The zero-order valence-electron chi connectivity index (χ0n) is 15.9. The van der Waals surface area contributed by atoms with Crippen LogP contribution >= 0.6 is 0 Å². The van der Waals surface area contributed by atoms with Crippen molar-refractivity contribution in [1.29, 1.82) is 0 Å². The van der Waals surface area contributed by atoms with Gasteiger partial charge in [0.1, 0.15) is 5.69 Å². The second-order valence-corrected chi connectivity index (χ2v) is 7.48. The van der Waals surface area contributed by atoms with Crippen LogP contribution in [0.5, 0.6) is 0 Å². The average Bonchev–Trinajstić information content (AvgIpc) is 2.81. The summed E-state index contributed by atoms with van der Waals surface area (Å²) in [6.45, 7) is 5.82. The first-order chi connectivity index (χ1) is 12.6. The Morgan fingerprint density at radius 3 is 2.63 bits per heavy atom. The largest absolute Gasteiger partial charge is 0.347 e. The molecule has 0 bridgehead atoms. The third-order valence-electron chi connectivity index (χ3n) is 5.02. The minimum Gasteiger partial charge on any atom is -0.347 e. The van der Waals surface area contributed by atoms with Crippen LogP contribution in [0.2, 0.25) is 0 Å². The predicted molar refractivity (Wildman–Crippen MR) is 99.0 cm³/mol. The van der Waals surface area contributed by atoms with Crippen molar-refractivity contribution in [3.05, 3.63) is 52.3 Å². The fourth-order valence-corrected chi connectivity index (χ4v) is 3.65. The first-order valence-electron chi connectivity index (χ1n) is 8.94. The molecule has 2 amide bonds. The van der Waals surface area contributed by atoms with Crippen LogP contribution in [0, 0.1) is 11.6 Å². The minimum absolute atomic E-state index is 0.158. The van der Waals surface area contributed by atoms with Gasteiger partial charge in [-0.15, -0.1) is 0 Å². The van der Waals surface area contributed by atoms with E-state index in [1.54, 1.807) is 11.6 Å². The van der Waals surface area contributed by atoms with Gasteiger partial charge in [-0.25, -0.2) is 8.78 Å². The second kappa shape index (κ2) is 6.79. The molecule has 2 N–H and O–H groups in total. The molecule has 3 rings (SSSR count). The maximum absolute atomic E-state index is 13.4. The molecule has 1 aliphatic heterocycles. The Hall–Kier alpha value is -2.70. The van der Waals surface area contributed by atoms with E-state index in [1.807, 2.05) is 20.8 Å². The van der Waals surface area contributed by atoms with Gasteiger partial charge in [-0.3, -0.25) is 9.59 Å². The highest BCUT2D eigenvalue weighted by Crippen LogP contribution is 2.30. The number of hydrogen-bond acceptors (Lipinski definition) is 2. The summed E-state index contributed by atoms with van der Waals surface area (Å²) < 4.78 is 28.3. The van der Waals surface area contributed by atoms with E-state index in [2.05, 4.69) is 10.6 Å². The fraction of sp³-hybridized carbons (Fsp3) is 0.400. The number of nitrogens with zero attached hydrogens (tertiary/aromatic N) is 1. The van der Waals surface area contributed by atoms with E-state index in [-0.39, 0.29) is 17.1 Å². The van der Waals surface area contributed by atoms with Crippen molar-refractivity contribution in [2.24, 2.45) is 7.05 Å². The third-order valence-corrected chi connectivity index (χ3v) is 5.02. The van der Waals surface area contributed by atoms with Gasteiger partial charge in [-0.1, -0.05) is 6.92 Å². The number of carbonyl (C=O) groups excluding carboxylic acids is 2. The first kappa shape index (κ1) is 19.1. The third kappa shape index (κ3) is 3.46. The van der Waals surface area contributed by atoms with E-state index in [1.165, 1.54) is 6.07 Å². The van der Waals surface area contributed by atoms with Gasteiger partial charge in [-0.05, 0) is 50.8 Å². The fourth-order valence-electron chi connectivity index (χ4n) is 3.65. The Morgan fingerprint density at radius 1 is 1.30 bits per heavy atom. The van der Waals surface area contributed by atoms with Crippen molar-refractivity contribution in [2.75, 3.05) is 5.32 Å². The number of halogens is 2. The highest BCUT2D eigenvalue weighted by atomic mass is 19.2. The smallest absolute Gasteiger partial charge is 0.272 e. The van der Waals surface area contributed by atoms with Gasteiger partial charge in [-0.2, -0.15) is 0 Å². The zero-order chi connectivity index (χ0) is 19.9. The van der Waals surface area contributed by atoms with Gasteiger partial charge in [0.15, 0.2) is 11.6 Å². The van der Waals surface area contributed by atoms with Gasteiger partial charge in [0, 0.05) is 30.0 Å². The Morgan fingerprint density at radius 2 is 2.00 bits per heavy atom. The lowest BCUT2D eigenvalue weighted by Crippen LogP contribution is -2.42. The van der Waals surface area contributed by atoms with Gasteiger partial charge >= 0.3 is 0 Å². The molecular formula is C20H23F2N3O2. The summed E-state index contributed by atoms with van der Waals surface area (Å²) in [5.41, 5.74) is 2.17. The van der Waals surface area contributed by atoms with Crippen molar-refractivity contribution in [3.63, 3.8) is 0 Å². The van der Waals surface area contributed by atoms with Crippen molar-refractivity contribution in [1.82, 2.24) is 9.88 Å². The second-order valence-electron chi connectivity index (χ2n) is 7.48. The number of benzene rings is 1. The van der Waals surface area contributed by atoms with E-state index < -0.39 is 17.5 Å². The Kier molecular flexibility index (Phi) is 4.80. The molecule has 0 saturated heterocycles. The van der Waals surface area contributed by atoms with E-state index in [0.717, 1.165) is 17.8 Å². The van der Waals surface area contributed by atoms with E-state index >= 15 is 0 Å². The SMILES string of the molecule is CCc1c2c(c(C(=O)Nc3ccc(F)c(F)c3)n1C)CCC(C)(C)NC2=O. The van der Waals surface area contributed by atoms with Crippen LogP contribution in [0.1, 0.15) is 59.3 Å². The van der Waals surface area contributed by atoms with Crippen molar-refractivity contribution in [3.8, 4) is 0 Å². The standard InChI is InChI=1S/C20H23F2N3O2/c1-5-15-16-12(8-9-20(2,3)24-18(16)26)17(25(15)4)19(27)23-11-6-7-13(21)14(22)10-11/h6-7,10H,5,8-9H2,1-4H3,(H,23,27)(H,24,26). The predicted octanol–water partition coefficient (Wildman–Crippen LogP) is 3.57. The maximum atomic E-state index is 13.4. The van der Waals surface area contributed by atoms with Crippen LogP contribution in [0.25, 0.3) is 0 Å². The molecule has 7 heteroatoms. The molecule has 0 saturated carbocycles. The molecule has 2 heterocycles. The van der Waals surface area contributed by atoms with Crippen LogP contribution in [0.3, 0.4) is 0 Å². The lowest BCUT2D eigenvalue weighted by atomic mass is 9.96. The minimum atomic E-state index is -1.03. The number of anilines is 1. The Balaban J connectivity index is 2.04. The number of rotatable bonds is 3. The van der Waals surface area contributed by atoms with Crippen molar-refractivity contribution >= 4 is 17.5 Å². The molecule has 1 aromatic carbocycles. The topological polar surface area (TPSA) is 63.1 Å². The maximum Gasteiger partial charge on any atom is 0.272 e. The number of hydrogen-bond donors (Lipinski definition) is 2. The number of amides is 2. The first-order valence-corrected chi connectivity index (χ1v) is 8.94. The van der Waals surface area contributed by atoms with Crippen molar-refractivity contribution in [2.45, 2.75) is 45.6 Å². The molecule has 0 spiro atoms. The zero-order valence-corrected chi connectivity index (χ0v) is 15.9. The van der Waals surface area contributed by atoms with Crippen molar-refractivity contribution < 1.29 is 18.4 Å². The summed E-state index contributed by atoms with van der Waals surface area (Å²) in [6.07, 6.45) is 1.84. The molecule has 2 aromatic rings. The van der Waals surface area contributed by atoms with Gasteiger partial charge in [0.25, 0.3) is 11.8 Å². The summed E-state index contributed by atoms with van der Waals surface area (Å²) in [6, 6.07) is 3.20. The Bertz CT molecular complexity index is 932. The summed E-state index contributed by atoms with van der Waals surface area (Å²) in [5, 5.41) is 5.63. The monoisotopic (exact) mass is 375 g/mol. The highest BCUT2D eigenvalue weighted by Gasteiger charge is 2.34. The number of aromatic nitrogens is 1. The number of fused-ring (bicyclic) bond motifs is 1. The van der Waals surface area contributed by atoms with Gasteiger partial charge in [0.05, 0.1) is 5.56 Å². The molecule has 0 radical (unpaired) electrons. The lowest BCUT2D eigenvalue weighted by Gasteiger charge is -2.24. The molecule has 5 nitrogen and oxygen atoms in total. The molecule has 1 aliphatic rings. The molecule has 0 unspecified atom stereocenters. The van der Waals surface area contributed by atoms with Crippen LogP contribution < -0.4 is 10.6 Å². The molecule has 0 aliphatic carbocycles. The van der Waals surface area contributed by atoms with Crippen LogP contribution in [0.4, 0.5) is 14.5 Å². The van der Waals surface area contributed by atoms with Crippen LogP contribution in [-0.4, -0.2) is 21.9 Å². The van der Waals surface area contributed by atoms with E-state index in [0.29, 0.717) is 36.1 Å². The molecule has 144 valence electrons. The number of carbonyl (C=O) groups is 2. The normalized spacial score (nSPS) is 15.7. The molecular weight excluding hydrogens is 352 g/mol. The van der Waals surface area contributed by atoms with Gasteiger partial charge in [0.2, 0.25) is 0 Å². The van der Waals surface area contributed by atoms with Crippen LogP contribution in [-0.2, 0) is 19.9 Å². The number of nitrogens with one attached hydrogen (secondary N) is 2. The average molecular weight is 375 g/mol. The summed E-state index contributed by atoms with van der Waals surface area (Å²) in [7, 11) is 1.74. The highest BCUT2D eigenvalue weighted by molar-refractivity contribution is 6.08. The van der Waals surface area contributed by atoms with E-state index in [9.17, 15) is 18.4 Å². The Labute approximate surface area is 156 Å². The van der Waals surface area contributed by atoms with E-state index in [4.69, 9.17) is 0 Å². The molecule has 27 heavy (non-hydrogen) atoms.